The molecule has 0 aliphatic carbocycles. The smallest absolute Gasteiger partial charge is 0.280 e. The predicted molar refractivity (Wildman–Crippen MR) is 80.4 cm³/mol. The number of benzene rings is 2. The summed E-state index contributed by atoms with van der Waals surface area (Å²) in [6.07, 6.45) is 0.844. The van der Waals surface area contributed by atoms with E-state index in [0.717, 1.165) is 5.56 Å². The van der Waals surface area contributed by atoms with E-state index in [0.29, 0.717) is 5.75 Å². The Bertz CT molecular complexity index is 609. The van der Waals surface area contributed by atoms with Crippen LogP contribution >= 0.6 is 0 Å². The van der Waals surface area contributed by atoms with Gasteiger partial charge in [0.05, 0.1) is 6.21 Å². The molecule has 1 atom stereocenters. The molecule has 21 heavy (non-hydrogen) atoms. The Morgan fingerprint density at radius 1 is 1.19 bits per heavy atom. The van der Waals surface area contributed by atoms with Gasteiger partial charge >= 0.3 is 0 Å². The van der Waals surface area contributed by atoms with Crippen LogP contribution in [0.2, 0.25) is 0 Å². The van der Waals surface area contributed by atoms with E-state index >= 15 is 0 Å². The molecular weight excluding hydrogens is 268 g/mol. The molecule has 0 saturated carbocycles. The van der Waals surface area contributed by atoms with Gasteiger partial charge in [-0.25, -0.2) is 5.43 Å². The van der Waals surface area contributed by atoms with Crippen molar-refractivity contribution in [1.82, 2.24) is 5.43 Å². The van der Waals surface area contributed by atoms with E-state index in [1.165, 1.54) is 6.21 Å². The first-order chi connectivity index (χ1) is 10.1. The zero-order valence-corrected chi connectivity index (χ0v) is 11.6. The van der Waals surface area contributed by atoms with Crippen LogP contribution in [0.25, 0.3) is 0 Å². The topological polar surface area (TPSA) is 70.9 Å². The summed E-state index contributed by atoms with van der Waals surface area (Å²) in [5.41, 5.74) is 3.18. The van der Waals surface area contributed by atoms with Crippen molar-refractivity contribution in [2.45, 2.75) is 13.0 Å². The molecule has 5 nitrogen and oxygen atoms in total. The fourth-order valence-corrected chi connectivity index (χ4v) is 1.58. The van der Waals surface area contributed by atoms with Crippen molar-refractivity contribution >= 4 is 12.1 Å². The lowest BCUT2D eigenvalue weighted by atomic mass is 10.2. The molecule has 0 aliphatic heterocycles. The highest BCUT2D eigenvalue weighted by Gasteiger charge is 2.13. The van der Waals surface area contributed by atoms with Gasteiger partial charge in [-0.3, -0.25) is 4.79 Å². The molecule has 0 fully saturated rings. The van der Waals surface area contributed by atoms with Gasteiger partial charge < -0.3 is 9.84 Å². The van der Waals surface area contributed by atoms with Crippen LogP contribution in [0.5, 0.6) is 11.5 Å². The van der Waals surface area contributed by atoms with Gasteiger partial charge in [0, 0.05) is 0 Å². The van der Waals surface area contributed by atoms with E-state index in [-0.39, 0.29) is 11.7 Å². The lowest BCUT2D eigenvalue weighted by molar-refractivity contribution is -0.127. The maximum Gasteiger partial charge on any atom is 0.280 e. The maximum atomic E-state index is 11.8. The minimum absolute atomic E-state index is 0.182. The third kappa shape index (κ3) is 4.65. The minimum atomic E-state index is -0.649. The Morgan fingerprint density at radius 3 is 2.52 bits per heavy atom. The van der Waals surface area contributed by atoms with Crippen LogP contribution in [-0.2, 0) is 4.79 Å². The van der Waals surface area contributed by atoms with Crippen LogP contribution in [0, 0.1) is 0 Å². The molecule has 1 amide bonds. The van der Waals surface area contributed by atoms with Crippen molar-refractivity contribution in [2.75, 3.05) is 0 Å². The van der Waals surface area contributed by atoms with Gasteiger partial charge in [0.25, 0.3) is 5.91 Å². The fraction of sp³-hybridized carbons (Fsp3) is 0.125. The molecule has 2 aromatic carbocycles. The summed E-state index contributed by atoms with van der Waals surface area (Å²) in [5.74, 6) is 0.470. The summed E-state index contributed by atoms with van der Waals surface area (Å²) < 4.78 is 5.48. The molecule has 0 spiro atoms. The molecule has 0 aliphatic rings. The summed E-state index contributed by atoms with van der Waals surface area (Å²) in [5, 5.41) is 13.0. The van der Waals surface area contributed by atoms with E-state index < -0.39 is 6.10 Å². The largest absolute Gasteiger partial charge is 0.508 e. The SMILES string of the molecule is C[C@H](Oc1ccccc1)C(=O)N/N=C/c1ccc(O)cc1. The lowest BCUT2D eigenvalue weighted by Gasteiger charge is -2.12. The number of rotatable bonds is 5. The number of hydrogen-bond acceptors (Lipinski definition) is 4. The van der Waals surface area contributed by atoms with E-state index in [2.05, 4.69) is 10.5 Å². The van der Waals surface area contributed by atoms with Crippen LogP contribution in [-0.4, -0.2) is 23.3 Å². The zero-order chi connectivity index (χ0) is 15.1. The number of hydrogen-bond donors (Lipinski definition) is 2. The summed E-state index contributed by atoms with van der Waals surface area (Å²) in [6.45, 7) is 1.65. The molecule has 108 valence electrons. The number of nitrogens with zero attached hydrogens (tertiary/aromatic N) is 1. The van der Waals surface area contributed by atoms with Gasteiger partial charge in [0.1, 0.15) is 11.5 Å². The quantitative estimate of drug-likeness (QED) is 0.654. The molecule has 2 aromatic rings. The van der Waals surface area contributed by atoms with Crippen molar-refractivity contribution in [3.05, 3.63) is 60.2 Å². The Labute approximate surface area is 122 Å². The Kier molecular flexibility index (Phi) is 4.93. The van der Waals surface area contributed by atoms with Crippen molar-refractivity contribution in [3.63, 3.8) is 0 Å². The summed E-state index contributed by atoms with van der Waals surface area (Å²) >= 11 is 0. The zero-order valence-electron chi connectivity index (χ0n) is 11.6. The van der Waals surface area contributed by atoms with Gasteiger partial charge in [-0.1, -0.05) is 18.2 Å². The average Bonchev–Trinajstić information content (AvgIpc) is 2.50. The second-order valence-electron chi connectivity index (χ2n) is 4.40. The highest BCUT2D eigenvalue weighted by atomic mass is 16.5. The monoisotopic (exact) mass is 284 g/mol. The number of hydrazone groups is 1. The number of ether oxygens (including phenoxy) is 1. The highest BCUT2D eigenvalue weighted by Crippen LogP contribution is 2.10. The molecule has 0 heterocycles. The summed E-state index contributed by atoms with van der Waals surface area (Å²) in [6, 6.07) is 15.6. The standard InChI is InChI=1S/C16H16N2O3/c1-12(21-15-5-3-2-4-6-15)16(20)18-17-11-13-7-9-14(19)10-8-13/h2-12,19H,1H3,(H,18,20)/b17-11+/t12-/m0/s1. The van der Waals surface area contributed by atoms with Gasteiger partial charge in [0.15, 0.2) is 6.10 Å². The molecule has 0 radical (unpaired) electrons. The molecule has 0 aromatic heterocycles. The van der Waals surface area contributed by atoms with E-state index in [1.54, 1.807) is 43.3 Å². The molecular formula is C16H16N2O3. The number of phenolic OH excluding ortho intramolecular Hbond substituents is 1. The Hall–Kier alpha value is -2.82. The van der Waals surface area contributed by atoms with Crippen molar-refractivity contribution in [2.24, 2.45) is 5.10 Å². The molecule has 2 N–H and O–H groups in total. The number of para-hydroxylation sites is 1. The van der Waals surface area contributed by atoms with E-state index in [9.17, 15) is 4.79 Å². The molecule has 0 bridgehead atoms. The number of carbonyl (C=O) groups is 1. The lowest BCUT2D eigenvalue weighted by Crippen LogP contribution is -2.33. The first-order valence-electron chi connectivity index (χ1n) is 6.49. The van der Waals surface area contributed by atoms with Gasteiger partial charge in [-0.05, 0) is 48.9 Å². The van der Waals surface area contributed by atoms with E-state index in [4.69, 9.17) is 9.84 Å². The normalized spacial score (nSPS) is 12.0. The number of carbonyl (C=O) groups excluding carboxylic acids is 1. The molecule has 2 rings (SSSR count). The molecule has 0 saturated heterocycles. The van der Waals surface area contributed by atoms with Crippen molar-refractivity contribution < 1.29 is 14.6 Å². The Morgan fingerprint density at radius 2 is 1.86 bits per heavy atom. The second-order valence-corrected chi connectivity index (χ2v) is 4.40. The molecule has 0 unspecified atom stereocenters. The minimum Gasteiger partial charge on any atom is -0.508 e. The Balaban J connectivity index is 1.85. The van der Waals surface area contributed by atoms with Crippen LogP contribution < -0.4 is 10.2 Å². The maximum absolute atomic E-state index is 11.8. The average molecular weight is 284 g/mol. The number of nitrogens with one attached hydrogen (secondary N) is 1. The van der Waals surface area contributed by atoms with E-state index in [1.807, 2.05) is 18.2 Å². The number of phenols is 1. The second kappa shape index (κ2) is 7.09. The number of amides is 1. The first-order valence-corrected chi connectivity index (χ1v) is 6.49. The van der Waals surface area contributed by atoms with Gasteiger partial charge in [-0.2, -0.15) is 5.10 Å². The first kappa shape index (κ1) is 14.6. The number of aromatic hydroxyl groups is 1. The summed E-state index contributed by atoms with van der Waals surface area (Å²) in [4.78, 5) is 11.8. The summed E-state index contributed by atoms with van der Waals surface area (Å²) in [7, 11) is 0. The van der Waals surface area contributed by atoms with Crippen molar-refractivity contribution in [1.29, 1.82) is 0 Å². The third-order valence-corrected chi connectivity index (χ3v) is 2.71. The van der Waals surface area contributed by atoms with Gasteiger partial charge in [-0.15, -0.1) is 0 Å². The highest BCUT2D eigenvalue weighted by molar-refractivity contribution is 5.84. The molecule has 5 heteroatoms. The van der Waals surface area contributed by atoms with Crippen LogP contribution in [0.4, 0.5) is 0 Å². The fourth-order valence-electron chi connectivity index (χ4n) is 1.58. The predicted octanol–water partition coefficient (Wildman–Crippen LogP) is 2.31. The van der Waals surface area contributed by atoms with Crippen molar-refractivity contribution in [3.8, 4) is 11.5 Å². The third-order valence-electron chi connectivity index (χ3n) is 2.71. The van der Waals surface area contributed by atoms with Gasteiger partial charge in [0.2, 0.25) is 0 Å². The van der Waals surface area contributed by atoms with Crippen LogP contribution in [0.15, 0.2) is 59.7 Å². The van der Waals surface area contributed by atoms with Crippen LogP contribution in [0.1, 0.15) is 12.5 Å². The van der Waals surface area contributed by atoms with Crippen LogP contribution in [0.3, 0.4) is 0 Å².